The van der Waals surface area contributed by atoms with Gasteiger partial charge in [0, 0.05) is 30.0 Å². The first-order valence-corrected chi connectivity index (χ1v) is 11.2. The highest BCUT2D eigenvalue weighted by Crippen LogP contribution is 2.34. The highest BCUT2D eigenvalue weighted by molar-refractivity contribution is 6.34. The normalized spacial score (nSPS) is 14.8. The number of para-hydroxylation sites is 1. The Morgan fingerprint density at radius 2 is 1.88 bits per heavy atom. The van der Waals surface area contributed by atoms with Crippen LogP contribution >= 0.6 is 11.6 Å². The molecular weight excluding hydrogens is 424 g/mol. The number of halogens is 1. The fourth-order valence-electron chi connectivity index (χ4n) is 4.00. The summed E-state index contributed by atoms with van der Waals surface area (Å²) in [5.41, 5.74) is 4.52. The largest absolute Gasteiger partial charge is 0.491 e. The molecule has 1 unspecified atom stereocenters. The van der Waals surface area contributed by atoms with Crippen LogP contribution in [0, 0.1) is 0 Å². The molecule has 32 heavy (non-hydrogen) atoms. The summed E-state index contributed by atoms with van der Waals surface area (Å²) in [7, 11) is 2.05. The molecule has 1 saturated carbocycles. The minimum Gasteiger partial charge on any atom is -0.491 e. The number of aliphatic hydroxyl groups is 1. The van der Waals surface area contributed by atoms with Gasteiger partial charge in [0.05, 0.1) is 0 Å². The van der Waals surface area contributed by atoms with Gasteiger partial charge in [-0.1, -0.05) is 41.9 Å². The molecule has 4 aromatic rings. The van der Waals surface area contributed by atoms with E-state index in [9.17, 15) is 5.11 Å². The lowest BCUT2D eigenvalue weighted by Crippen LogP contribution is -2.34. The first-order chi connectivity index (χ1) is 15.6. The van der Waals surface area contributed by atoms with Gasteiger partial charge in [-0.05, 0) is 49.7 Å². The van der Waals surface area contributed by atoms with E-state index in [2.05, 4.69) is 21.9 Å². The van der Waals surface area contributed by atoms with Crippen molar-refractivity contribution in [3.63, 3.8) is 0 Å². The summed E-state index contributed by atoms with van der Waals surface area (Å²) in [6.07, 6.45) is 5.46. The number of hydrogen-bond donors (Lipinski definition) is 1. The van der Waals surface area contributed by atoms with E-state index >= 15 is 0 Å². The SMILES string of the molecule is CN(CC(O)COc1ccc(-c2cn(-c3ccccc3)c3c(Cl)ncnc23)cc1)C1CC1. The molecule has 0 radical (unpaired) electrons. The predicted molar refractivity (Wildman–Crippen MR) is 126 cm³/mol. The van der Waals surface area contributed by atoms with Gasteiger partial charge >= 0.3 is 0 Å². The summed E-state index contributed by atoms with van der Waals surface area (Å²) >= 11 is 6.45. The van der Waals surface area contributed by atoms with E-state index in [-0.39, 0.29) is 6.61 Å². The maximum absolute atomic E-state index is 10.2. The van der Waals surface area contributed by atoms with Crippen LogP contribution in [0.4, 0.5) is 0 Å². The van der Waals surface area contributed by atoms with E-state index in [1.807, 2.05) is 65.4 Å². The molecule has 0 amide bonds. The highest BCUT2D eigenvalue weighted by Gasteiger charge is 2.27. The molecule has 1 aliphatic carbocycles. The van der Waals surface area contributed by atoms with Crippen molar-refractivity contribution in [1.82, 2.24) is 19.4 Å². The Balaban J connectivity index is 1.37. The van der Waals surface area contributed by atoms with Crippen LogP contribution in [0.3, 0.4) is 0 Å². The van der Waals surface area contributed by atoms with Crippen LogP contribution in [0.5, 0.6) is 5.75 Å². The summed E-state index contributed by atoms with van der Waals surface area (Å²) in [6.45, 7) is 0.898. The topological polar surface area (TPSA) is 63.4 Å². The quantitative estimate of drug-likeness (QED) is 0.400. The summed E-state index contributed by atoms with van der Waals surface area (Å²) in [4.78, 5) is 10.9. The molecule has 0 spiro atoms. The second kappa shape index (κ2) is 8.90. The van der Waals surface area contributed by atoms with E-state index in [1.165, 1.54) is 19.2 Å². The van der Waals surface area contributed by atoms with Crippen LogP contribution in [-0.2, 0) is 0 Å². The predicted octanol–water partition coefficient (Wildman–Crippen LogP) is 4.57. The van der Waals surface area contributed by atoms with Gasteiger partial charge in [-0.2, -0.15) is 0 Å². The zero-order valence-corrected chi connectivity index (χ0v) is 18.6. The number of nitrogens with zero attached hydrogens (tertiary/aromatic N) is 4. The molecule has 2 aromatic carbocycles. The van der Waals surface area contributed by atoms with Gasteiger partial charge in [-0.15, -0.1) is 0 Å². The molecule has 2 heterocycles. The second-order valence-electron chi connectivity index (χ2n) is 8.27. The van der Waals surface area contributed by atoms with Gasteiger partial charge in [0.1, 0.15) is 35.8 Å². The van der Waals surface area contributed by atoms with E-state index in [0.717, 1.165) is 33.6 Å². The van der Waals surface area contributed by atoms with Crippen molar-refractivity contribution in [3.05, 3.63) is 72.3 Å². The maximum atomic E-state index is 10.2. The van der Waals surface area contributed by atoms with Crippen LogP contribution < -0.4 is 4.74 Å². The zero-order chi connectivity index (χ0) is 22.1. The standard InChI is InChI=1S/C25H25ClN4O2/c1-29(18-9-10-18)13-20(31)15-32-21-11-7-17(8-12-21)22-14-30(19-5-3-2-4-6-19)24-23(22)27-16-28-25(24)26/h2-8,11-12,14,16,18,20,31H,9-10,13,15H2,1H3. The summed E-state index contributed by atoms with van der Waals surface area (Å²) in [5, 5.41) is 10.7. The second-order valence-corrected chi connectivity index (χ2v) is 8.63. The minimum atomic E-state index is -0.511. The Bertz CT molecular complexity index is 1210. The molecule has 2 aromatic heterocycles. The van der Waals surface area contributed by atoms with Crippen LogP contribution in [0.1, 0.15) is 12.8 Å². The van der Waals surface area contributed by atoms with Crippen LogP contribution in [-0.4, -0.2) is 56.9 Å². The van der Waals surface area contributed by atoms with Crippen molar-refractivity contribution in [2.24, 2.45) is 0 Å². The third kappa shape index (κ3) is 4.35. The Hall–Kier alpha value is -2.93. The Labute approximate surface area is 192 Å². The molecule has 6 nitrogen and oxygen atoms in total. The average Bonchev–Trinajstić information content (AvgIpc) is 3.59. The van der Waals surface area contributed by atoms with E-state index in [4.69, 9.17) is 16.3 Å². The lowest BCUT2D eigenvalue weighted by Gasteiger charge is -2.20. The fraction of sp³-hybridized carbons (Fsp3) is 0.280. The maximum Gasteiger partial charge on any atom is 0.157 e. The lowest BCUT2D eigenvalue weighted by atomic mass is 10.1. The molecule has 1 atom stereocenters. The van der Waals surface area contributed by atoms with Crippen LogP contribution in [0.25, 0.3) is 27.8 Å². The lowest BCUT2D eigenvalue weighted by molar-refractivity contribution is 0.0742. The molecule has 1 fully saturated rings. The Morgan fingerprint density at radius 3 is 2.59 bits per heavy atom. The molecule has 0 bridgehead atoms. The van der Waals surface area contributed by atoms with Gasteiger partial charge in [-0.3, -0.25) is 0 Å². The van der Waals surface area contributed by atoms with Crippen LogP contribution in [0.15, 0.2) is 67.1 Å². The average molecular weight is 449 g/mol. The first kappa shape index (κ1) is 20.9. The first-order valence-electron chi connectivity index (χ1n) is 10.8. The number of fused-ring (bicyclic) bond motifs is 1. The number of aliphatic hydroxyl groups excluding tert-OH is 1. The fourth-order valence-corrected chi connectivity index (χ4v) is 4.22. The van der Waals surface area contributed by atoms with Crippen LogP contribution in [0.2, 0.25) is 5.15 Å². The Morgan fingerprint density at radius 1 is 1.12 bits per heavy atom. The molecule has 7 heteroatoms. The van der Waals surface area contributed by atoms with Gasteiger partial charge < -0.3 is 19.3 Å². The van der Waals surface area contributed by atoms with Gasteiger partial charge in [0.25, 0.3) is 0 Å². The summed E-state index contributed by atoms with van der Waals surface area (Å²) < 4.78 is 7.83. The molecule has 1 aliphatic rings. The van der Waals surface area contributed by atoms with Crippen molar-refractivity contribution in [3.8, 4) is 22.6 Å². The van der Waals surface area contributed by atoms with Gasteiger partial charge in [0.15, 0.2) is 5.15 Å². The molecule has 0 saturated heterocycles. The van der Waals surface area contributed by atoms with Crippen molar-refractivity contribution >= 4 is 22.6 Å². The number of benzene rings is 2. The molecule has 164 valence electrons. The number of aromatic nitrogens is 3. The van der Waals surface area contributed by atoms with Gasteiger partial charge in [0.2, 0.25) is 0 Å². The van der Waals surface area contributed by atoms with E-state index in [1.54, 1.807) is 0 Å². The number of ether oxygens (including phenoxy) is 1. The van der Waals surface area contributed by atoms with E-state index < -0.39 is 6.10 Å². The van der Waals surface area contributed by atoms with Crippen molar-refractivity contribution < 1.29 is 9.84 Å². The number of rotatable bonds is 8. The van der Waals surface area contributed by atoms with Crippen molar-refractivity contribution in [2.45, 2.75) is 25.0 Å². The van der Waals surface area contributed by atoms with Gasteiger partial charge in [-0.25, -0.2) is 9.97 Å². The summed E-state index contributed by atoms with van der Waals surface area (Å²) in [5.74, 6) is 0.723. The number of hydrogen-bond acceptors (Lipinski definition) is 5. The molecular formula is C25H25ClN4O2. The highest BCUT2D eigenvalue weighted by atomic mass is 35.5. The summed E-state index contributed by atoms with van der Waals surface area (Å²) in [6, 6.07) is 18.5. The molecule has 5 rings (SSSR count). The smallest absolute Gasteiger partial charge is 0.157 e. The monoisotopic (exact) mass is 448 g/mol. The van der Waals surface area contributed by atoms with E-state index in [0.29, 0.717) is 17.7 Å². The number of likely N-dealkylation sites (N-methyl/N-ethyl adjacent to an activating group) is 1. The third-order valence-corrected chi connectivity index (χ3v) is 6.12. The molecule has 1 N–H and O–H groups in total. The Kier molecular flexibility index (Phi) is 5.83. The zero-order valence-electron chi connectivity index (χ0n) is 17.9. The third-order valence-electron chi connectivity index (χ3n) is 5.84. The molecule has 0 aliphatic heterocycles. The van der Waals surface area contributed by atoms with Crippen molar-refractivity contribution in [2.75, 3.05) is 20.2 Å². The minimum absolute atomic E-state index is 0.270. The van der Waals surface area contributed by atoms with Crippen molar-refractivity contribution in [1.29, 1.82) is 0 Å².